The number of nitro benzene ring substituents is 1. The van der Waals surface area contributed by atoms with Crippen molar-refractivity contribution in [1.29, 1.82) is 0 Å². The molecule has 1 aliphatic heterocycles. The second-order valence-electron chi connectivity index (χ2n) is 6.80. The van der Waals surface area contributed by atoms with Gasteiger partial charge in [0.2, 0.25) is 0 Å². The Balaban J connectivity index is 2.56. The molecule has 0 aromatic heterocycles. The van der Waals surface area contributed by atoms with Crippen molar-refractivity contribution < 1.29 is 38.6 Å². The monoisotopic (exact) mass is 436 g/mol. The average molecular weight is 436 g/mol. The Labute approximate surface area is 178 Å². The van der Waals surface area contributed by atoms with Gasteiger partial charge in [0.15, 0.2) is 0 Å². The van der Waals surface area contributed by atoms with E-state index in [1.807, 2.05) is 0 Å². The number of para-hydroxylation sites is 1. The van der Waals surface area contributed by atoms with Crippen molar-refractivity contribution in [1.82, 2.24) is 5.32 Å². The molecule has 2 rings (SSSR count). The second-order valence-corrected chi connectivity index (χ2v) is 6.80. The van der Waals surface area contributed by atoms with Gasteiger partial charge in [0.05, 0.1) is 29.0 Å². The lowest BCUT2D eigenvalue weighted by Crippen LogP contribution is -2.30. The highest BCUT2D eigenvalue weighted by Crippen LogP contribution is 2.42. The minimum Gasteiger partial charge on any atom is -0.432 e. The summed E-state index contributed by atoms with van der Waals surface area (Å²) in [5.41, 5.74) is 0.590. The first kappa shape index (κ1) is 23.7. The molecule has 1 aliphatic rings. The maximum absolute atomic E-state index is 12.2. The molecule has 11 nitrogen and oxygen atoms in total. The quantitative estimate of drug-likeness (QED) is 0.370. The zero-order valence-electron chi connectivity index (χ0n) is 17.5. The third-order valence-electron chi connectivity index (χ3n) is 4.11. The lowest BCUT2D eigenvalue weighted by molar-refractivity contribution is -0.385. The molecular formula is C20H24N2O9. The number of aliphatic hydroxyl groups is 1. The number of hydrogen-bond donors (Lipinski definition) is 2. The van der Waals surface area contributed by atoms with Gasteiger partial charge in [-0.05, 0) is 27.7 Å². The molecule has 31 heavy (non-hydrogen) atoms. The van der Waals surface area contributed by atoms with E-state index in [0.29, 0.717) is 11.4 Å². The number of carbonyl (C=O) groups is 2. The molecule has 0 fully saturated rings. The number of nitrogens with zero attached hydrogens (tertiary/aromatic N) is 1. The third-order valence-corrected chi connectivity index (χ3v) is 4.11. The Kier molecular flexibility index (Phi) is 7.97. The van der Waals surface area contributed by atoms with E-state index in [1.54, 1.807) is 33.8 Å². The number of hydrogen-bond acceptors (Lipinski definition) is 10. The van der Waals surface area contributed by atoms with Gasteiger partial charge in [-0.2, -0.15) is 0 Å². The van der Waals surface area contributed by atoms with Crippen LogP contribution in [0.15, 0.2) is 47.2 Å². The van der Waals surface area contributed by atoms with Crippen molar-refractivity contribution >= 4 is 18.0 Å². The van der Waals surface area contributed by atoms with Crippen molar-refractivity contribution in [2.45, 2.75) is 39.7 Å². The molecule has 0 saturated carbocycles. The fourth-order valence-electron chi connectivity index (χ4n) is 2.96. The average Bonchev–Trinajstić information content (AvgIpc) is 2.69. The van der Waals surface area contributed by atoms with Crippen LogP contribution in [0, 0.1) is 10.1 Å². The van der Waals surface area contributed by atoms with Crippen LogP contribution in [0.1, 0.15) is 39.2 Å². The summed E-state index contributed by atoms with van der Waals surface area (Å²) in [5, 5.41) is 23.4. The fraction of sp³-hybridized carbons (Fsp3) is 0.400. The number of dihydropyridines is 1. The first-order valence-electron chi connectivity index (χ1n) is 9.41. The van der Waals surface area contributed by atoms with Gasteiger partial charge in [-0.15, -0.1) is 0 Å². The highest BCUT2D eigenvalue weighted by atomic mass is 16.7. The van der Waals surface area contributed by atoms with E-state index in [-0.39, 0.29) is 29.4 Å². The van der Waals surface area contributed by atoms with E-state index in [0.717, 1.165) is 0 Å². The largest absolute Gasteiger partial charge is 0.513 e. The molecular weight excluding hydrogens is 412 g/mol. The predicted molar refractivity (Wildman–Crippen MR) is 107 cm³/mol. The number of allylic oxidation sites excluding steroid dienone is 2. The topological polar surface area (TPSA) is 146 Å². The van der Waals surface area contributed by atoms with Crippen molar-refractivity contribution in [3.63, 3.8) is 0 Å². The van der Waals surface area contributed by atoms with Crippen LogP contribution >= 0.6 is 0 Å². The van der Waals surface area contributed by atoms with E-state index in [9.17, 15) is 19.7 Å². The Morgan fingerprint density at radius 1 is 1.13 bits per heavy atom. The Bertz CT molecular complexity index is 921. The maximum Gasteiger partial charge on any atom is 0.513 e. The molecule has 0 radical (unpaired) electrons. The first-order chi connectivity index (χ1) is 14.6. The lowest BCUT2D eigenvalue weighted by Gasteiger charge is -2.30. The zero-order valence-corrected chi connectivity index (χ0v) is 17.5. The molecule has 1 atom stereocenters. The van der Waals surface area contributed by atoms with E-state index in [1.165, 1.54) is 18.2 Å². The second kappa shape index (κ2) is 10.4. The van der Waals surface area contributed by atoms with Crippen LogP contribution in [-0.4, -0.2) is 41.7 Å². The van der Waals surface area contributed by atoms with E-state index in [4.69, 9.17) is 24.1 Å². The number of carbonyl (C=O) groups excluding carboxylic acids is 2. The molecule has 2 N–H and O–H groups in total. The molecule has 0 aliphatic carbocycles. The first-order valence-corrected chi connectivity index (χ1v) is 9.41. The number of ether oxygens (including phenoxy) is 4. The molecule has 1 heterocycles. The number of aliphatic hydroxyl groups excluding tert-OH is 1. The summed E-state index contributed by atoms with van der Waals surface area (Å²) in [4.78, 5) is 35.3. The zero-order chi connectivity index (χ0) is 23.1. The van der Waals surface area contributed by atoms with Gasteiger partial charge in [-0.3, -0.25) is 10.1 Å². The van der Waals surface area contributed by atoms with Gasteiger partial charge >= 0.3 is 12.3 Å². The molecule has 1 aromatic rings. The van der Waals surface area contributed by atoms with Crippen LogP contribution in [0.5, 0.6) is 0 Å². The van der Waals surface area contributed by atoms with Crippen molar-refractivity contribution in [3.05, 3.63) is 62.9 Å². The van der Waals surface area contributed by atoms with Crippen molar-refractivity contribution in [3.8, 4) is 0 Å². The fourth-order valence-corrected chi connectivity index (χ4v) is 2.96. The van der Waals surface area contributed by atoms with Crippen molar-refractivity contribution in [2.24, 2.45) is 0 Å². The normalized spacial score (nSPS) is 16.0. The van der Waals surface area contributed by atoms with Crippen LogP contribution in [0.3, 0.4) is 0 Å². The molecule has 0 spiro atoms. The Hall–Kier alpha value is -3.60. The highest BCUT2D eigenvalue weighted by Gasteiger charge is 2.39. The van der Waals surface area contributed by atoms with E-state index < -0.39 is 35.9 Å². The SMILES string of the molecule is CC1=C(OC(=O)OCCO)C(c2ccccc2[N+](=O)[O-])C(OC(=O)OC(C)C)=C(C)N1. The highest BCUT2D eigenvalue weighted by molar-refractivity contribution is 5.66. The molecule has 0 bridgehead atoms. The molecule has 1 aromatic carbocycles. The molecule has 0 saturated heterocycles. The molecule has 11 heteroatoms. The number of nitro groups is 1. The minimum atomic E-state index is -1.13. The smallest absolute Gasteiger partial charge is 0.432 e. The van der Waals surface area contributed by atoms with Crippen LogP contribution in [0.2, 0.25) is 0 Å². The van der Waals surface area contributed by atoms with Gasteiger partial charge in [-0.25, -0.2) is 9.59 Å². The summed E-state index contributed by atoms with van der Waals surface area (Å²) < 4.78 is 20.5. The van der Waals surface area contributed by atoms with Crippen LogP contribution in [0.4, 0.5) is 15.3 Å². The number of rotatable bonds is 7. The predicted octanol–water partition coefficient (Wildman–Crippen LogP) is 3.45. The summed E-state index contributed by atoms with van der Waals surface area (Å²) in [6.07, 6.45) is -2.61. The van der Waals surface area contributed by atoms with Crippen LogP contribution in [-0.2, 0) is 18.9 Å². The van der Waals surface area contributed by atoms with Gasteiger partial charge in [0.1, 0.15) is 24.0 Å². The molecule has 1 unspecified atom stereocenters. The van der Waals surface area contributed by atoms with Crippen molar-refractivity contribution in [2.75, 3.05) is 13.2 Å². The van der Waals surface area contributed by atoms with Gasteiger partial charge in [0, 0.05) is 11.6 Å². The number of benzene rings is 1. The van der Waals surface area contributed by atoms with E-state index >= 15 is 0 Å². The summed E-state index contributed by atoms with van der Waals surface area (Å²) >= 11 is 0. The number of nitrogens with one attached hydrogen (secondary N) is 1. The summed E-state index contributed by atoms with van der Waals surface area (Å²) in [6.45, 7) is 5.75. The van der Waals surface area contributed by atoms with Gasteiger partial charge < -0.3 is 29.4 Å². The standard InChI is InChI=1S/C20H24N2O9/c1-11(2)29-20(25)31-18-13(4)21-12(3)17(30-19(24)28-10-9-23)16(18)14-7-5-6-8-15(14)22(26)27/h5-8,11,16,21,23H,9-10H2,1-4H3. The van der Waals surface area contributed by atoms with Crippen LogP contribution < -0.4 is 5.32 Å². The summed E-state index contributed by atoms with van der Waals surface area (Å²) in [5.74, 6) is -1.21. The summed E-state index contributed by atoms with van der Waals surface area (Å²) in [6, 6.07) is 5.81. The minimum absolute atomic E-state index is 0.0319. The molecule has 168 valence electrons. The summed E-state index contributed by atoms with van der Waals surface area (Å²) in [7, 11) is 0. The van der Waals surface area contributed by atoms with Gasteiger partial charge in [0.25, 0.3) is 5.69 Å². The van der Waals surface area contributed by atoms with Gasteiger partial charge in [-0.1, -0.05) is 18.2 Å². The third kappa shape index (κ3) is 5.95. The lowest BCUT2D eigenvalue weighted by atomic mass is 9.89. The Morgan fingerprint density at radius 3 is 2.26 bits per heavy atom. The maximum atomic E-state index is 12.2. The van der Waals surface area contributed by atoms with Crippen LogP contribution in [0.25, 0.3) is 0 Å². The van der Waals surface area contributed by atoms with E-state index in [2.05, 4.69) is 5.32 Å². The Morgan fingerprint density at radius 2 is 1.71 bits per heavy atom. The molecule has 0 amide bonds.